The zero-order valence-corrected chi connectivity index (χ0v) is 5.24. The molecule has 0 radical (unpaired) electrons. The van der Waals surface area contributed by atoms with Crippen LogP contribution in [0.5, 0.6) is 0 Å². The highest BCUT2D eigenvalue weighted by atomic mass is 16.1. The van der Waals surface area contributed by atoms with Gasteiger partial charge < -0.3 is 4.90 Å². The molecule has 4 nitrogen and oxygen atoms in total. The quantitative estimate of drug-likeness (QED) is 0.499. The van der Waals surface area contributed by atoms with Crippen molar-refractivity contribution in [2.45, 2.75) is 0 Å². The zero-order valence-electron chi connectivity index (χ0n) is 5.24. The maximum absolute atomic E-state index is 9.86. The molecule has 0 aromatic rings. The van der Waals surface area contributed by atoms with Gasteiger partial charge in [0.2, 0.25) is 6.41 Å². The molecule has 0 fully saturated rings. The van der Waals surface area contributed by atoms with Crippen molar-refractivity contribution in [3.8, 4) is 0 Å². The van der Waals surface area contributed by atoms with E-state index in [1.54, 1.807) is 11.2 Å². The number of hydrogen-bond donors (Lipinski definition) is 1. The van der Waals surface area contributed by atoms with Gasteiger partial charge in [-0.2, -0.15) is 0 Å². The second kappa shape index (κ2) is 2.39. The lowest BCUT2D eigenvalue weighted by molar-refractivity contribution is -0.112. The van der Waals surface area contributed by atoms with Gasteiger partial charge in [-0.05, 0) is 0 Å². The largest absolute Gasteiger partial charge is 0.360 e. The van der Waals surface area contributed by atoms with E-state index >= 15 is 0 Å². The molecular formula is C5H9N3O. The highest BCUT2D eigenvalue weighted by Crippen LogP contribution is 1.97. The lowest BCUT2D eigenvalue weighted by Crippen LogP contribution is -2.33. The van der Waals surface area contributed by atoms with Crippen LogP contribution in [0.3, 0.4) is 0 Å². The van der Waals surface area contributed by atoms with Gasteiger partial charge in [0.05, 0.1) is 0 Å². The minimum atomic E-state index is 0.656. The van der Waals surface area contributed by atoms with Crippen LogP contribution in [0.15, 0.2) is 12.4 Å². The highest BCUT2D eigenvalue weighted by Gasteiger charge is 2.04. The summed E-state index contributed by atoms with van der Waals surface area (Å²) in [5, 5.41) is 1.69. The van der Waals surface area contributed by atoms with Crippen LogP contribution in [0.25, 0.3) is 0 Å². The summed E-state index contributed by atoms with van der Waals surface area (Å²) in [7, 11) is 1.93. The molecule has 0 bridgehead atoms. The molecule has 0 aromatic heterocycles. The van der Waals surface area contributed by atoms with E-state index in [4.69, 9.17) is 0 Å². The first-order chi connectivity index (χ1) is 4.33. The summed E-state index contributed by atoms with van der Waals surface area (Å²) < 4.78 is 0. The standard InChI is InChI=1S/C5H9N3O/c1-7-2-3-8(5-7)6-4-9/h2-4H,5H2,1H3,(H,6,9). The molecule has 9 heavy (non-hydrogen) atoms. The van der Waals surface area contributed by atoms with Crippen molar-refractivity contribution in [1.82, 2.24) is 15.3 Å². The van der Waals surface area contributed by atoms with Crippen LogP contribution < -0.4 is 5.43 Å². The fourth-order valence-corrected chi connectivity index (χ4v) is 0.680. The van der Waals surface area contributed by atoms with E-state index in [1.807, 2.05) is 18.1 Å². The summed E-state index contributed by atoms with van der Waals surface area (Å²) in [5.74, 6) is 0. The summed E-state index contributed by atoms with van der Waals surface area (Å²) >= 11 is 0. The van der Waals surface area contributed by atoms with Crippen molar-refractivity contribution >= 4 is 6.41 Å². The minimum Gasteiger partial charge on any atom is -0.360 e. The van der Waals surface area contributed by atoms with Gasteiger partial charge in [-0.25, -0.2) is 0 Å². The van der Waals surface area contributed by atoms with E-state index in [1.165, 1.54) is 0 Å². The molecule has 0 saturated heterocycles. The van der Waals surface area contributed by atoms with Crippen molar-refractivity contribution in [2.75, 3.05) is 13.7 Å². The molecule has 1 amide bonds. The van der Waals surface area contributed by atoms with E-state index in [-0.39, 0.29) is 0 Å². The van der Waals surface area contributed by atoms with Crippen LogP contribution in [0.4, 0.5) is 0 Å². The monoisotopic (exact) mass is 127 g/mol. The van der Waals surface area contributed by atoms with Gasteiger partial charge in [-0.1, -0.05) is 0 Å². The smallest absolute Gasteiger partial charge is 0.225 e. The average molecular weight is 127 g/mol. The van der Waals surface area contributed by atoms with Crippen LogP contribution in [-0.2, 0) is 4.79 Å². The van der Waals surface area contributed by atoms with Gasteiger partial charge in [-0.15, -0.1) is 0 Å². The normalized spacial score (nSPS) is 16.6. The maximum atomic E-state index is 9.86. The predicted octanol–water partition coefficient (Wildman–Crippen LogP) is -0.677. The third-order valence-electron chi connectivity index (χ3n) is 1.10. The van der Waals surface area contributed by atoms with Gasteiger partial charge in [0.15, 0.2) is 0 Å². The number of nitrogens with one attached hydrogen (secondary N) is 1. The van der Waals surface area contributed by atoms with Crippen LogP contribution >= 0.6 is 0 Å². The Labute approximate surface area is 53.7 Å². The van der Waals surface area contributed by atoms with Crippen molar-refractivity contribution in [2.24, 2.45) is 0 Å². The van der Waals surface area contributed by atoms with Crippen LogP contribution in [0.2, 0.25) is 0 Å². The third-order valence-corrected chi connectivity index (χ3v) is 1.10. The minimum absolute atomic E-state index is 0.656. The van der Waals surface area contributed by atoms with Crippen LogP contribution in [0.1, 0.15) is 0 Å². The fraction of sp³-hybridized carbons (Fsp3) is 0.400. The molecule has 0 aromatic carbocycles. The summed E-state index contributed by atoms with van der Waals surface area (Å²) in [6, 6.07) is 0. The predicted molar refractivity (Wildman–Crippen MR) is 32.8 cm³/mol. The van der Waals surface area contributed by atoms with Crippen molar-refractivity contribution in [1.29, 1.82) is 0 Å². The Morgan fingerprint density at radius 2 is 2.44 bits per heavy atom. The Bertz CT molecular complexity index is 134. The molecule has 0 unspecified atom stereocenters. The first-order valence-corrected chi connectivity index (χ1v) is 2.68. The summed E-state index contributed by atoms with van der Waals surface area (Å²) in [4.78, 5) is 11.8. The maximum Gasteiger partial charge on any atom is 0.225 e. The van der Waals surface area contributed by atoms with Gasteiger partial charge in [0.1, 0.15) is 6.67 Å². The van der Waals surface area contributed by atoms with Crippen molar-refractivity contribution in [3.63, 3.8) is 0 Å². The number of carbonyl (C=O) groups excluding carboxylic acids is 1. The molecule has 0 spiro atoms. The van der Waals surface area contributed by atoms with E-state index in [2.05, 4.69) is 5.43 Å². The van der Waals surface area contributed by atoms with Gasteiger partial charge in [-0.3, -0.25) is 15.2 Å². The van der Waals surface area contributed by atoms with Gasteiger partial charge >= 0.3 is 0 Å². The Hall–Kier alpha value is -1.19. The number of hydrazine groups is 1. The first-order valence-electron chi connectivity index (χ1n) is 2.68. The number of hydrogen-bond acceptors (Lipinski definition) is 3. The van der Waals surface area contributed by atoms with Crippen LogP contribution in [0, 0.1) is 0 Å². The Morgan fingerprint density at radius 1 is 1.67 bits per heavy atom. The van der Waals surface area contributed by atoms with Crippen molar-refractivity contribution < 1.29 is 4.79 Å². The summed E-state index contributed by atoms with van der Waals surface area (Å²) in [5.41, 5.74) is 2.50. The van der Waals surface area contributed by atoms with Gasteiger partial charge in [0, 0.05) is 19.4 Å². The Kier molecular flexibility index (Phi) is 1.58. The Balaban J connectivity index is 2.31. The molecule has 4 heteroatoms. The fourth-order valence-electron chi connectivity index (χ4n) is 0.680. The average Bonchev–Trinajstić information content (AvgIpc) is 2.17. The molecule has 1 N–H and O–H groups in total. The molecule has 0 aliphatic carbocycles. The third kappa shape index (κ3) is 1.35. The first kappa shape index (κ1) is 5.94. The SMILES string of the molecule is CN1C=CN(NC=O)C1. The molecule has 1 aliphatic rings. The number of nitrogens with zero attached hydrogens (tertiary/aromatic N) is 2. The Morgan fingerprint density at radius 3 is 2.89 bits per heavy atom. The van der Waals surface area contributed by atoms with E-state index in [9.17, 15) is 4.79 Å². The van der Waals surface area contributed by atoms with Gasteiger partial charge in [0.25, 0.3) is 0 Å². The summed E-state index contributed by atoms with van der Waals surface area (Å²) in [6.07, 6.45) is 4.34. The molecular weight excluding hydrogens is 118 g/mol. The van der Waals surface area contributed by atoms with E-state index in [0.29, 0.717) is 6.41 Å². The van der Waals surface area contributed by atoms with E-state index < -0.39 is 0 Å². The molecule has 0 saturated carbocycles. The zero-order chi connectivity index (χ0) is 6.69. The lowest BCUT2D eigenvalue weighted by Gasteiger charge is -2.15. The highest BCUT2D eigenvalue weighted by molar-refractivity contribution is 5.45. The molecule has 50 valence electrons. The van der Waals surface area contributed by atoms with E-state index in [0.717, 1.165) is 6.67 Å². The van der Waals surface area contributed by atoms with Crippen LogP contribution in [-0.4, -0.2) is 30.0 Å². The van der Waals surface area contributed by atoms with Crippen molar-refractivity contribution in [3.05, 3.63) is 12.4 Å². The lowest BCUT2D eigenvalue weighted by atomic mass is 10.9. The molecule has 1 rings (SSSR count). The topological polar surface area (TPSA) is 35.6 Å². The molecule has 1 aliphatic heterocycles. The number of carbonyl (C=O) groups is 1. The molecule has 0 atom stereocenters. The number of amides is 1. The number of rotatable bonds is 2. The second-order valence-electron chi connectivity index (χ2n) is 1.91. The summed E-state index contributed by atoms with van der Waals surface area (Å²) in [6.45, 7) is 0.721. The second-order valence-corrected chi connectivity index (χ2v) is 1.91. The molecule has 1 heterocycles.